The minimum Gasteiger partial charge on any atom is -0.258 e. The molecular weight excluding hydrogens is 234 g/mol. The molecule has 15 heavy (non-hydrogen) atoms. The zero-order chi connectivity index (χ0) is 10.8. The van der Waals surface area contributed by atoms with Gasteiger partial charge in [0.05, 0.1) is 14.8 Å². The van der Waals surface area contributed by atoms with E-state index in [9.17, 15) is 10.1 Å². The second-order valence-corrected chi connectivity index (χ2v) is 4.22. The highest BCUT2D eigenvalue weighted by molar-refractivity contribution is 7.14. The van der Waals surface area contributed by atoms with Gasteiger partial charge in [0, 0.05) is 12.1 Å². The van der Waals surface area contributed by atoms with Crippen LogP contribution < -0.4 is 0 Å². The van der Waals surface area contributed by atoms with Crippen LogP contribution in [0.15, 0.2) is 35.7 Å². The van der Waals surface area contributed by atoms with Crippen molar-refractivity contribution in [1.29, 1.82) is 0 Å². The van der Waals surface area contributed by atoms with Crippen LogP contribution in [-0.2, 0) is 0 Å². The van der Waals surface area contributed by atoms with Gasteiger partial charge in [-0.15, -0.1) is 11.3 Å². The summed E-state index contributed by atoms with van der Waals surface area (Å²) < 4.78 is 0. The fourth-order valence-electron chi connectivity index (χ4n) is 1.23. The summed E-state index contributed by atoms with van der Waals surface area (Å²) in [5, 5.41) is 13.0. The molecule has 0 aliphatic carbocycles. The summed E-state index contributed by atoms with van der Waals surface area (Å²) in [6.07, 6.45) is 0. The average Bonchev–Trinajstić information content (AvgIpc) is 2.65. The molecule has 1 heterocycles. The first-order valence-corrected chi connectivity index (χ1v) is 5.42. The molecule has 0 bridgehead atoms. The molecule has 0 atom stereocenters. The van der Waals surface area contributed by atoms with Gasteiger partial charge < -0.3 is 0 Å². The van der Waals surface area contributed by atoms with Crippen molar-refractivity contribution in [3.8, 4) is 10.4 Å². The molecule has 0 aliphatic rings. The number of nitrogens with zero attached hydrogens (tertiary/aromatic N) is 1. The molecule has 2 aromatic rings. The zero-order valence-electron chi connectivity index (χ0n) is 7.51. The van der Waals surface area contributed by atoms with Crippen molar-refractivity contribution in [2.45, 2.75) is 0 Å². The van der Waals surface area contributed by atoms with E-state index in [1.165, 1.54) is 23.5 Å². The van der Waals surface area contributed by atoms with Crippen molar-refractivity contribution in [2.24, 2.45) is 0 Å². The molecule has 1 aromatic heterocycles. The third-order valence-corrected chi connectivity index (χ3v) is 3.35. The van der Waals surface area contributed by atoms with Crippen molar-refractivity contribution < 1.29 is 4.92 Å². The Labute approximate surface area is 95.1 Å². The molecule has 0 fully saturated rings. The minimum absolute atomic E-state index is 0.0893. The Morgan fingerprint density at radius 3 is 2.33 bits per heavy atom. The first kappa shape index (κ1) is 10.1. The molecule has 0 radical (unpaired) electrons. The summed E-state index contributed by atoms with van der Waals surface area (Å²) in [7, 11) is 0. The predicted octanol–water partition coefficient (Wildman–Crippen LogP) is 3.98. The number of halogens is 1. The normalized spacial score (nSPS) is 10.2. The first-order chi connectivity index (χ1) is 7.18. The fraction of sp³-hybridized carbons (Fsp3) is 0. The second kappa shape index (κ2) is 4.00. The van der Waals surface area contributed by atoms with E-state index in [2.05, 4.69) is 0 Å². The summed E-state index contributed by atoms with van der Waals surface area (Å²) >= 11 is 7.47. The predicted molar refractivity (Wildman–Crippen MR) is 61.4 cm³/mol. The Morgan fingerprint density at radius 2 is 1.87 bits per heavy atom. The number of benzene rings is 1. The molecular formula is C10H6ClNO2S. The van der Waals surface area contributed by atoms with E-state index < -0.39 is 4.92 Å². The Kier molecular flexibility index (Phi) is 2.70. The molecule has 0 N–H and O–H groups in total. The topological polar surface area (TPSA) is 43.1 Å². The lowest BCUT2D eigenvalue weighted by molar-refractivity contribution is -0.384. The fourth-order valence-corrected chi connectivity index (χ4v) is 2.41. The van der Waals surface area contributed by atoms with Crippen LogP contribution in [0.4, 0.5) is 5.69 Å². The number of hydrogen-bond donors (Lipinski definition) is 0. The molecule has 0 saturated heterocycles. The molecule has 76 valence electrons. The first-order valence-electron chi connectivity index (χ1n) is 4.16. The van der Waals surface area contributed by atoms with Crippen LogP contribution in [-0.4, -0.2) is 4.92 Å². The Bertz CT molecular complexity index is 492. The van der Waals surface area contributed by atoms with Crippen molar-refractivity contribution in [1.82, 2.24) is 0 Å². The molecule has 5 heteroatoms. The molecule has 0 aliphatic heterocycles. The second-order valence-electron chi connectivity index (χ2n) is 2.90. The van der Waals surface area contributed by atoms with Crippen LogP contribution >= 0.6 is 22.9 Å². The molecule has 1 aromatic carbocycles. The van der Waals surface area contributed by atoms with Gasteiger partial charge in [0.25, 0.3) is 5.69 Å². The van der Waals surface area contributed by atoms with Crippen LogP contribution in [0.5, 0.6) is 0 Å². The summed E-state index contributed by atoms with van der Waals surface area (Å²) in [5.41, 5.74) is 0.993. The highest BCUT2D eigenvalue weighted by atomic mass is 35.5. The van der Waals surface area contributed by atoms with Crippen LogP contribution in [0.25, 0.3) is 10.4 Å². The summed E-state index contributed by atoms with van der Waals surface area (Å²) in [5.74, 6) is 0. The quantitative estimate of drug-likeness (QED) is 0.588. The maximum Gasteiger partial charge on any atom is 0.269 e. The molecule has 0 amide bonds. The van der Waals surface area contributed by atoms with Gasteiger partial charge in [-0.2, -0.15) is 0 Å². The molecule has 3 nitrogen and oxygen atoms in total. The highest BCUT2D eigenvalue weighted by Gasteiger charge is 2.08. The van der Waals surface area contributed by atoms with Gasteiger partial charge in [0.15, 0.2) is 0 Å². The van der Waals surface area contributed by atoms with E-state index >= 15 is 0 Å². The molecule has 2 rings (SSSR count). The van der Waals surface area contributed by atoms with Gasteiger partial charge >= 0.3 is 0 Å². The maximum absolute atomic E-state index is 10.4. The Morgan fingerprint density at radius 1 is 1.20 bits per heavy atom. The lowest BCUT2D eigenvalue weighted by atomic mass is 10.2. The Balaban J connectivity index is 2.40. The average molecular weight is 240 g/mol. The minimum atomic E-state index is -0.417. The lowest BCUT2D eigenvalue weighted by Crippen LogP contribution is -1.86. The summed E-state index contributed by atoms with van der Waals surface area (Å²) in [6, 6.07) is 8.17. The number of nitro benzene ring substituents is 1. The SMILES string of the molecule is O=[N+]([O-])c1ccc(-c2sccc2Cl)cc1. The highest BCUT2D eigenvalue weighted by Crippen LogP contribution is 2.33. The summed E-state index contributed by atoms with van der Waals surface area (Å²) in [4.78, 5) is 11.0. The number of thiophene rings is 1. The van der Waals surface area contributed by atoms with E-state index in [1.54, 1.807) is 12.1 Å². The van der Waals surface area contributed by atoms with Crippen molar-refractivity contribution in [2.75, 3.05) is 0 Å². The van der Waals surface area contributed by atoms with Crippen LogP contribution in [0.2, 0.25) is 5.02 Å². The monoisotopic (exact) mass is 239 g/mol. The number of hydrogen-bond acceptors (Lipinski definition) is 3. The van der Waals surface area contributed by atoms with Gasteiger partial charge in [-0.3, -0.25) is 10.1 Å². The lowest BCUT2D eigenvalue weighted by Gasteiger charge is -1.97. The van der Waals surface area contributed by atoms with Gasteiger partial charge in [-0.1, -0.05) is 11.6 Å². The van der Waals surface area contributed by atoms with Crippen molar-refractivity contribution >= 4 is 28.6 Å². The van der Waals surface area contributed by atoms with E-state index in [-0.39, 0.29) is 5.69 Å². The van der Waals surface area contributed by atoms with Crippen LogP contribution in [0.1, 0.15) is 0 Å². The number of nitro groups is 1. The zero-order valence-corrected chi connectivity index (χ0v) is 9.09. The molecule has 0 saturated carbocycles. The number of rotatable bonds is 2. The van der Waals surface area contributed by atoms with E-state index in [4.69, 9.17) is 11.6 Å². The van der Waals surface area contributed by atoms with E-state index in [0.717, 1.165) is 10.4 Å². The smallest absolute Gasteiger partial charge is 0.258 e. The van der Waals surface area contributed by atoms with Crippen LogP contribution in [0.3, 0.4) is 0 Å². The van der Waals surface area contributed by atoms with Gasteiger partial charge in [0.1, 0.15) is 0 Å². The third kappa shape index (κ3) is 2.00. The van der Waals surface area contributed by atoms with Gasteiger partial charge in [-0.25, -0.2) is 0 Å². The molecule has 0 unspecified atom stereocenters. The van der Waals surface area contributed by atoms with Crippen LogP contribution in [0, 0.1) is 10.1 Å². The Hall–Kier alpha value is -1.39. The largest absolute Gasteiger partial charge is 0.269 e. The third-order valence-electron chi connectivity index (χ3n) is 1.96. The maximum atomic E-state index is 10.4. The van der Waals surface area contributed by atoms with Crippen molar-refractivity contribution in [3.63, 3.8) is 0 Å². The standard InChI is InChI=1S/C10H6ClNO2S/c11-9-5-6-15-10(9)7-1-3-8(4-2-7)12(13)14/h1-6H. The van der Waals surface area contributed by atoms with E-state index in [1.807, 2.05) is 11.4 Å². The van der Waals surface area contributed by atoms with Gasteiger partial charge in [-0.05, 0) is 29.1 Å². The number of non-ortho nitro benzene ring substituents is 1. The summed E-state index contributed by atoms with van der Waals surface area (Å²) in [6.45, 7) is 0. The van der Waals surface area contributed by atoms with Crippen molar-refractivity contribution in [3.05, 3.63) is 50.8 Å². The molecule has 0 spiro atoms. The van der Waals surface area contributed by atoms with E-state index in [0.29, 0.717) is 5.02 Å². The van der Waals surface area contributed by atoms with Gasteiger partial charge in [0.2, 0.25) is 0 Å².